The molecule has 2 fully saturated rings. The lowest BCUT2D eigenvalue weighted by Gasteiger charge is -2.39. The van der Waals surface area contributed by atoms with Gasteiger partial charge in [-0.1, -0.05) is 0 Å². The molecule has 0 saturated carbocycles. The van der Waals surface area contributed by atoms with Gasteiger partial charge in [-0.05, 0) is 46.1 Å². The summed E-state index contributed by atoms with van der Waals surface area (Å²) in [4.78, 5) is 15.6. The minimum atomic E-state index is -0.250. The number of ether oxygens (including phenoxy) is 1. The molecule has 0 aromatic carbocycles. The molecular formula is C16H28N4O3. The van der Waals surface area contributed by atoms with E-state index in [4.69, 9.17) is 14.6 Å². The summed E-state index contributed by atoms with van der Waals surface area (Å²) < 4.78 is 7.58. The molecule has 7 nitrogen and oxygen atoms in total. The average Bonchev–Trinajstić information content (AvgIpc) is 3.07. The van der Waals surface area contributed by atoms with Crippen LogP contribution in [0.15, 0.2) is 6.33 Å². The van der Waals surface area contributed by atoms with Crippen molar-refractivity contribution in [1.82, 2.24) is 19.7 Å². The van der Waals surface area contributed by atoms with E-state index in [2.05, 4.69) is 33.5 Å². The van der Waals surface area contributed by atoms with Gasteiger partial charge in [0, 0.05) is 37.8 Å². The Balaban J connectivity index is 0.000000595. The quantitative estimate of drug-likeness (QED) is 0.856. The molecule has 2 aliphatic heterocycles. The van der Waals surface area contributed by atoms with Gasteiger partial charge in [0.25, 0.3) is 6.47 Å². The molecule has 2 saturated heterocycles. The molecule has 7 heteroatoms. The van der Waals surface area contributed by atoms with Crippen LogP contribution in [0.3, 0.4) is 0 Å². The SMILES string of the molecule is CC(C)n1ncnc1C1CCCN(C2CCOCC2)C1.O=CO. The highest BCUT2D eigenvalue weighted by Crippen LogP contribution is 2.29. The van der Waals surface area contributed by atoms with Crippen LogP contribution in [-0.4, -0.2) is 63.6 Å². The molecule has 3 heterocycles. The van der Waals surface area contributed by atoms with E-state index in [9.17, 15) is 0 Å². The standard InChI is InChI=1S/C15H26N4O.CH2O2/c1-12(2)19-15(16-11-17-19)13-4-3-7-18(10-13)14-5-8-20-9-6-14;2-1-3/h11-14H,3-10H2,1-2H3;1H,(H,2,3). The number of rotatable bonds is 3. The summed E-state index contributed by atoms with van der Waals surface area (Å²) in [7, 11) is 0. The Morgan fingerprint density at radius 1 is 1.35 bits per heavy atom. The molecule has 1 N–H and O–H groups in total. The van der Waals surface area contributed by atoms with E-state index in [0.717, 1.165) is 19.8 Å². The highest BCUT2D eigenvalue weighted by atomic mass is 16.5. The van der Waals surface area contributed by atoms with E-state index in [1.165, 1.54) is 38.1 Å². The van der Waals surface area contributed by atoms with Crippen molar-refractivity contribution in [3.63, 3.8) is 0 Å². The van der Waals surface area contributed by atoms with Crippen LogP contribution in [0.5, 0.6) is 0 Å². The van der Waals surface area contributed by atoms with Crippen LogP contribution in [0.4, 0.5) is 0 Å². The Morgan fingerprint density at radius 2 is 2.04 bits per heavy atom. The van der Waals surface area contributed by atoms with Crippen LogP contribution in [0.25, 0.3) is 0 Å². The Morgan fingerprint density at radius 3 is 2.70 bits per heavy atom. The molecule has 0 radical (unpaired) electrons. The van der Waals surface area contributed by atoms with Gasteiger partial charge in [0.05, 0.1) is 0 Å². The summed E-state index contributed by atoms with van der Waals surface area (Å²) in [5.74, 6) is 1.72. The van der Waals surface area contributed by atoms with Gasteiger partial charge in [-0.15, -0.1) is 0 Å². The third-order valence-corrected chi connectivity index (χ3v) is 4.62. The van der Waals surface area contributed by atoms with Gasteiger partial charge in [0.2, 0.25) is 0 Å². The highest BCUT2D eigenvalue weighted by molar-refractivity contribution is 5.32. The fourth-order valence-electron chi connectivity index (χ4n) is 3.55. The molecule has 3 rings (SSSR count). The summed E-state index contributed by atoms with van der Waals surface area (Å²) >= 11 is 0. The fraction of sp³-hybridized carbons (Fsp3) is 0.812. The first kappa shape index (κ1) is 17.9. The third-order valence-electron chi connectivity index (χ3n) is 4.62. The maximum atomic E-state index is 8.36. The number of carboxylic acid groups (broad SMARTS) is 1. The largest absolute Gasteiger partial charge is 0.483 e. The lowest BCUT2D eigenvalue weighted by molar-refractivity contribution is -0.122. The first-order valence-electron chi connectivity index (χ1n) is 8.46. The Labute approximate surface area is 137 Å². The van der Waals surface area contributed by atoms with Crippen LogP contribution in [0.1, 0.15) is 57.3 Å². The summed E-state index contributed by atoms with van der Waals surface area (Å²) in [6.07, 6.45) is 6.59. The predicted molar refractivity (Wildman–Crippen MR) is 86.5 cm³/mol. The van der Waals surface area contributed by atoms with Gasteiger partial charge in [-0.25, -0.2) is 9.67 Å². The molecular weight excluding hydrogens is 296 g/mol. The second-order valence-corrected chi connectivity index (χ2v) is 6.44. The van der Waals surface area contributed by atoms with Gasteiger partial charge >= 0.3 is 0 Å². The number of aromatic nitrogens is 3. The van der Waals surface area contributed by atoms with Crippen LogP contribution < -0.4 is 0 Å². The van der Waals surface area contributed by atoms with Crippen molar-refractivity contribution in [2.45, 2.75) is 57.5 Å². The first-order chi connectivity index (χ1) is 11.2. The smallest absolute Gasteiger partial charge is 0.290 e. The number of piperidine rings is 1. The van der Waals surface area contributed by atoms with Crippen LogP contribution in [0.2, 0.25) is 0 Å². The summed E-state index contributed by atoms with van der Waals surface area (Å²) in [5.41, 5.74) is 0. The van der Waals surface area contributed by atoms with Crippen molar-refractivity contribution in [3.8, 4) is 0 Å². The normalized spacial score (nSPS) is 23.3. The van der Waals surface area contributed by atoms with Crippen LogP contribution in [-0.2, 0) is 9.53 Å². The lowest BCUT2D eigenvalue weighted by atomic mass is 9.94. The third kappa shape index (κ3) is 4.75. The molecule has 1 unspecified atom stereocenters. The molecule has 1 atom stereocenters. The highest BCUT2D eigenvalue weighted by Gasteiger charge is 2.30. The Kier molecular flexibility index (Phi) is 6.98. The molecule has 130 valence electrons. The van der Waals surface area contributed by atoms with Crippen molar-refractivity contribution < 1.29 is 14.6 Å². The fourth-order valence-corrected chi connectivity index (χ4v) is 3.55. The molecule has 1 aromatic heterocycles. The minimum absolute atomic E-state index is 0.250. The van der Waals surface area contributed by atoms with E-state index in [1.54, 1.807) is 6.33 Å². The average molecular weight is 324 g/mol. The first-order valence-corrected chi connectivity index (χ1v) is 8.46. The molecule has 0 aliphatic carbocycles. The van der Waals surface area contributed by atoms with Gasteiger partial charge in [-0.2, -0.15) is 5.10 Å². The second kappa shape index (κ2) is 8.98. The molecule has 0 amide bonds. The number of likely N-dealkylation sites (tertiary alicyclic amines) is 1. The zero-order valence-corrected chi connectivity index (χ0v) is 14.1. The van der Waals surface area contributed by atoms with E-state index in [0.29, 0.717) is 18.0 Å². The lowest BCUT2D eigenvalue weighted by Crippen LogP contribution is -2.45. The summed E-state index contributed by atoms with van der Waals surface area (Å²) in [5, 5.41) is 11.3. The van der Waals surface area contributed by atoms with Gasteiger partial charge in [0.1, 0.15) is 12.2 Å². The van der Waals surface area contributed by atoms with Crippen molar-refractivity contribution in [2.24, 2.45) is 0 Å². The predicted octanol–water partition coefficient (Wildman–Crippen LogP) is 1.92. The van der Waals surface area contributed by atoms with Crippen molar-refractivity contribution >= 4 is 6.47 Å². The minimum Gasteiger partial charge on any atom is -0.483 e. The van der Waals surface area contributed by atoms with E-state index in [-0.39, 0.29) is 6.47 Å². The summed E-state index contributed by atoms with van der Waals surface area (Å²) in [6.45, 7) is 8.32. The topological polar surface area (TPSA) is 80.5 Å². The Bertz CT molecular complexity index is 472. The number of nitrogens with zero attached hydrogens (tertiary/aromatic N) is 4. The monoisotopic (exact) mass is 324 g/mol. The molecule has 0 bridgehead atoms. The molecule has 0 spiro atoms. The van der Waals surface area contributed by atoms with Crippen molar-refractivity contribution in [1.29, 1.82) is 0 Å². The number of hydrogen-bond donors (Lipinski definition) is 1. The molecule has 23 heavy (non-hydrogen) atoms. The van der Waals surface area contributed by atoms with Crippen LogP contribution in [0, 0.1) is 0 Å². The number of carbonyl (C=O) groups is 1. The maximum absolute atomic E-state index is 8.36. The maximum Gasteiger partial charge on any atom is 0.290 e. The van der Waals surface area contributed by atoms with Gasteiger partial charge < -0.3 is 9.84 Å². The number of hydrogen-bond acceptors (Lipinski definition) is 5. The second-order valence-electron chi connectivity index (χ2n) is 6.44. The van der Waals surface area contributed by atoms with Gasteiger partial charge in [-0.3, -0.25) is 9.69 Å². The molecule has 2 aliphatic rings. The van der Waals surface area contributed by atoms with E-state index >= 15 is 0 Å². The van der Waals surface area contributed by atoms with Crippen molar-refractivity contribution in [2.75, 3.05) is 26.3 Å². The van der Waals surface area contributed by atoms with E-state index in [1.807, 2.05) is 0 Å². The van der Waals surface area contributed by atoms with Crippen LogP contribution >= 0.6 is 0 Å². The van der Waals surface area contributed by atoms with Gasteiger partial charge in [0.15, 0.2) is 0 Å². The zero-order chi connectivity index (χ0) is 16.7. The van der Waals surface area contributed by atoms with Crippen molar-refractivity contribution in [3.05, 3.63) is 12.2 Å². The van der Waals surface area contributed by atoms with E-state index < -0.39 is 0 Å². The zero-order valence-electron chi connectivity index (χ0n) is 14.1. The summed E-state index contributed by atoms with van der Waals surface area (Å²) in [6, 6.07) is 1.10. The Hall–Kier alpha value is -1.47. The molecule has 1 aromatic rings.